The van der Waals surface area contributed by atoms with Crippen molar-refractivity contribution in [2.75, 3.05) is 74.4 Å². The molecule has 0 saturated carbocycles. The molecule has 2 fully saturated rings. The molecule has 75 heavy (non-hydrogen) atoms. The molecular weight excluding hydrogens is 973 g/mol. The Morgan fingerprint density at radius 2 is 1.01 bits per heavy atom. The van der Waals surface area contributed by atoms with Crippen molar-refractivity contribution in [1.29, 1.82) is 0 Å². The Bertz CT molecular complexity index is 2760. The number of nitrogen functional groups attached to an aromatic ring is 1. The predicted molar refractivity (Wildman–Crippen MR) is 276 cm³/mol. The minimum absolute atomic E-state index is 0. The second kappa shape index (κ2) is 26.0. The molecule has 22 heteroatoms. The number of nitrogens with one attached hydrogen (secondary N) is 5. The van der Waals surface area contributed by atoms with Crippen LogP contribution in [0.3, 0.4) is 0 Å². The number of rotatable bonds is 19. The molecule has 0 radical (unpaired) electrons. The summed E-state index contributed by atoms with van der Waals surface area (Å²) in [5, 5.41) is 13.3. The van der Waals surface area contributed by atoms with Crippen molar-refractivity contribution >= 4 is 76.1 Å². The van der Waals surface area contributed by atoms with Crippen LogP contribution in [0.1, 0.15) is 103 Å². The van der Waals surface area contributed by atoms with E-state index >= 15 is 0 Å². The van der Waals surface area contributed by atoms with Gasteiger partial charge in [0.1, 0.15) is 42.4 Å². The second-order valence-electron chi connectivity index (χ2n) is 17.8. The van der Waals surface area contributed by atoms with Crippen LogP contribution in [0.25, 0.3) is 0 Å². The predicted octanol–water partition coefficient (Wildman–Crippen LogP) is 5.39. The summed E-state index contributed by atoms with van der Waals surface area (Å²) in [7, 11) is 0. The van der Waals surface area contributed by atoms with Crippen molar-refractivity contribution < 1.29 is 66.8 Å². The first-order chi connectivity index (χ1) is 35.0. The third-order valence-electron chi connectivity index (χ3n) is 11.4. The molecule has 0 aromatic heterocycles. The number of hydrogen-bond acceptors (Lipinski definition) is 17. The van der Waals surface area contributed by atoms with Crippen LogP contribution in [-0.2, 0) is 33.4 Å². The fourth-order valence-electron chi connectivity index (χ4n) is 8.10. The van der Waals surface area contributed by atoms with Gasteiger partial charge in [0, 0.05) is 48.7 Å². The molecule has 22 nitrogen and oxygen atoms in total. The molecular formula is C53H64N8O14. The number of carbonyl (C=O) groups excluding carboxylic acids is 9. The first-order valence-corrected chi connectivity index (χ1v) is 23.5. The van der Waals surface area contributed by atoms with Gasteiger partial charge < -0.3 is 40.1 Å². The van der Waals surface area contributed by atoms with Crippen molar-refractivity contribution in [2.45, 2.75) is 79.0 Å². The molecule has 7 N–H and O–H groups in total. The van der Waals surface area contributed by atoms with Gasteiger partial charge >= 0.3 is 6.09 Å². The van der Waals surface area contributed by atoms with E-state index in [9.17, 15) is 43.2 Å². The Morgan fingerprint density at radius 1 is 0.587 bits per heavy atom. The second-order valence-corrected chi connectivity index (χ2v) is 17.8. The summed E-state index contributed by atoms with van der Waals surface area (Å²) in [5.41, 5.74) is 8.10. The molecule has 8 rings (SSSR count). The van der Waals surface area contributed by atoms with Crippen molar-refractivity contribution in [1.82, 2.24) is 20.4 Å². The molecule has 2 unspecified atom stereocenters. The van der Waals surface area contributed by atoms with E-state index in [2.05, 4.69) is 26.6 Å². The van der Waals surface area contributed by atoms with Gasteiger partial charge in [-0.15, -0.1) is 0 Å². The lowest BCUT2D eigenvalue weighted by Gasteiger charge is -2.27. The third kappa shape index (κ3) is 14.7. The summed E-state index contributed by atoms with van der Waals surface area (Å²) in [6.45, 7) is 8.16. The summed E-state index contributed by atoms with van der Waals surface area (Å²) < 4.78 is 27.6. The Hall–Kier alpha value is -8.37. The van der Waals surface area contributed by atoms with Crippen molar-refractivity contribution in [3.8, 4) is 11.5 Å². The molecule has 9 amide bonds. The van der Waals surface area contributed by atoms with Gasteiger partial charge in [-0.2, -0.15) is 0 Å². The highest BCUT2D eigenvalue weighted by atomic mass is 16.6. The standard InChI is InChI=1S/C28H32N4O8.C23H24N4O6.2CH4/c1-28(2,3)40-27(37)30-17-7-9-18(10-8-17)39-16-15-38-14-13-29-20-6-4-5-19-23(20)26(36)32(25(19)35)21-11-12-22(33)31-24(21)34;24-14-4-6-15(7-5-14)33-13-12-32-11-10-25-17-3-1-2-16-20(17)23(31)27(22(16)30)18-8-9-19(28)26-21(18)29;;/h4-10,21,29H,11-16H2,1-3H3,(H,30,37)(H,31,33,34);1-7,18,25H,8-13,24H2,(H,26,28,29);2*1H4. The maximum absolute atomic E-state index is 13.1. The van der Waals surface area contributed by atoms with Crippen LogP contribution >= 0.6 is 0 Å². The molecule has 4 heterocycles. The highest BCUT2D eigenvalue weighted by Gasteiger charge is 2.47. The van der Waals surface area contributed by atoms with Crippen LogP contribution in [0.5, 0.6) is 11.5 Å². The van der Waals surface area contributed by atoms with E-state index in [0.717, 1.165) is 9.80 Å². The van der Waals surface area contributed by atoms with Gasteiger partial charge in [0.15, 0.2) is 0 Å². The molecule has 4 aliphatic rings. The van der Waals surface area contributed by atoms with Crippen LogP contribution < -0.4 is 41.8 Å². The minimum Gasteiger partial charge on any atom is -0.491 e. The van der Waals surface area contributed by atoms with Crippen molar-refractivity contribution in [3.63, 3.8) is 0 Å². The smallest absolute Gasteiger partial charge is 0.412 e. The highest BCUT2D eigenvalue weighted by molar-refractivity contribution is 6.26. The summed E-state index contributed by atoms with van der Waals surface area (Å²) in [4.78, 5) is 113. The summed E-state index contributed by atoms with van der Waals surface area (Å²) in [5.74, 6) is -3.01. The van der Waals surface area contributed by atoms with E-state index in [1.165, 1.54) is 0 Å². The molecule has 4 aromatic rings. The van der Waals surface area contributed by atoms with E-state index in [1.54, 1.807) is 106 Å². The number of amides is 9. The quantitative estimate of drug-likeness (QED) is 0.0390. The van der Waals surface area contributed by atoms with E-state index in [0.29, 0.717) is 87.0 Å². The molecule has 2 atom stereocenters. The normalized spacial score (nSPS) is 16.8. The van der Waals surface area contributed by atoms with Crippen LogP contribution in [0.15, 0.2) is 84.9 Å². The lowest BCUT2D eigenvalue weighted by Crippen LogP contribution is -2.54. The van der Waals surface area contributed by atoms with Crippen LogP contribution in [0.2, 0.25) is 0 Å². The fraction of sp³-hybridized carbons (Fsp3) is 0.377. The average molecular weight is 1040 g/mol. The Labute approximate surface area is 434 Å². The SMILES string of the molecule is C.C.CC(C)(C)OC(=O)Nc1ccc(OCCOCCNc2cccc3c2C(=O)N(C2CCC(=O)NC2=O)C3=O)cc1.Nc1ccc(OCCOCCNc2cccc3c2C(=O)N(C2CCC(=O)NC2=O)C3=O)cc1. The van der Waals surface area contributed by atoms with Gasteiger partial charge in [-0.1, -0.05) is 27.0 Å². The number of benzene rings is 4. The number of ether oxygens (including phenoxy) is 5. The number of nitrogens with two attached hydrogens (primary N) is 1. The maximum Gasteiger partial charge on any atom is 0.412 e. The zero-order chi connectivity index (χ0) is 52.2. The molecule has 0 aliphatic carbocycles. The summed E-state index contributed by atoms with van der Waals surface area (Å²) in [6.07, 6.45) is -0.181. The first kappa shape index (κ1) is 57.5. The van der Waals surface area contributed by atoms with Gasteiger partial charge in [0.25, 0.3) is 23.6 Å². The van der Waals surface area contributed by atoms with E-state index in [1.807, 2.05) is 0 Å². The average Bonchev–Trinajstić information content (AvgIpc) is 3.75. The van der Waals surface area contributed by atoms with Crippen LogP contribution in [0.4, 0.5) is 27.5 Å². The molecule has 2 saturated heterocycles. The van der Waals surface area contributed by atoms with E-state index < -0.39 is 71.0 Å². The lowest BCUT2D eigenvalue weighted by molar-refractivity contribution is -0.137. The van der Waals surface area contributed by atoms with Crippen molar-refractivity contribution in [2.24, 2.45) is 0 Å². The van der Waals surface area contributed by atoms with Gasteiger partial charge in [0.2, 0.25) is 23.6 Å². The number of piperidine rings is 2. The Morgan fingerprint density at radius 3 is 1.43 bits per heavy atom. The van der Waals surface area contributed by atoms with E-state index in [-0.39, 0.29) is 62.8 Å². The molecule has 4 aliphatic heterocycles. The molecule has 0 spiro atoms. The Balaban J connectivity index is 0.000000275. The van der Waals surface area contributed by atoms with Crippen LogP contribution in [0, 0.1) is 0 Å². The number of anilines is 4. The first-order valence-electron chi connectivity index (χ1n) is 23.5. The lowest BCUT2D eigenvalue weighted by atomic mass is 10.0. The number of imide groups is 4. The molecule has 400 valence electrons. The summed E-state index contributed by atoms with van der Waals surface area (Å²) >= 11 is 0. The van der Waals surface area contributed by atoms with Gasteiger partial charge in [0.05, 0.1) is 48.7 Å². The minimum atomic E-state index is -1.02. The zero-order valence-electron chi connectivity index (χ0n) is 40.4. The van der Waals surface area contributed by atoms with Gasteiger partial charge in [-0.25, -0.2) is 4.79 Å². The number of nitrogens with zero attached hydrogens (tertiary/aromatic N) is 2. The molecule has 4 aromatic carbocycles. The summed E-state index contributed by atoms with van der Waals surface area (Å²) in [6, 6.07) is 21.7. The largest absolute Gasteiger partial charge is 0.491 e. The van der Waals surface area contributed by atoms with Crippen molar-refractivity contribution in [3.05, 3.63) is 107 Å². The van der Waals surface area contributed by atoms with E-state index in [4.69, 9.17) is 29.4 Å². The highest BCUT2D eigenvalue weighted by Crippen LogP contribution is 2.34. The fourth-order valence-corrected chi connectivity index (χ4v) is 8.10. The topological polar surface area (TPSA) is 292 Å². The third-order valence-corrected chi connectivity index (χ3v) is 11.4. The van der Waals surface area contributed by atoms with Crippen LogP contribution in [-0.4, -0.2) is 134 Å². The number of hydrogen-bond donors (Lipinski definition) is 6. The van der Waals surface area contributed by atoms with Gasteiger partial charge in [-0.3, -0.25) is 64.1 Å². The number of carbonyl (C=O) groups is 9. The number of fused-ring (bicyclic) bond motifs is 2. The van der Waals surface area contributed by atoms with Gasteiger partial charge in [-0.05, 0) is 106 Å². The zero-order valence-corrected chi connectivity index (χ0v) is 40.4. The molecule has 0 bridgehead atoms. The monoisotopic (exact) mass is 1040 g/mol. The Kier molecular flexibility index (Phi) is 20.0. The maximum atomic E-state index is 13.1.